The first-order chi connectivity index (χ1) is 14.1. The SMILES string of the molecule is O=C(CCc1nc2ccccc2[nH]1)N1CC(=O)N(Cc2ccccc2)CC(O)C1. The van der Waals surface area contributed by atoms with Crippen LogP contribution < -0.4 is 0 Å². The van der Waals surface area contributed by atoms with Crippen LogP contribution in [0.3, 0.4) is 0 Å². The summed E-state index contributed by atoms with van der Waals surface area (Å²) in [5, 5.41) is 10.3. The molecule has 1 aliphatic heterocycles. The van der Waals surface area contributed by atoms with Crippen molar-refractivity contribution in [1.82, 2.24) is 19.8 Å². The summed E-state index contributed by atoms with van der Waals surface area (Å²) in [6.45, 7) is 0.803. The van der Waals surface area contributed by atoms with Gasteiger partial charge in [0.2, 0.25) is 11.8 Å². The number of hydrogen-bond donors (Lipinski definition) is 2. The van der Waals surface area contributed by atoms with Gasteiger partial charge in [-0.3, -0.25) is 9.59 Å². The highest BCUT2D eigenvalue weighted by atomic mass is 16.3. The predicted octanol–water partition coefficient (Wildman–Crippen LogP) is 1.73. The number of rotatable bonds is 5. The van der Waals surface area contributed by atoms with Gasteiger partial charge in [-0.2, -0.15) is 0 Å². The number of carbonyl (C=O) groups excluding carboxylic acids is 2. The van der Waals surface area contributed by atoms with Gasteiger partial charge in [-0.15, -0.1) is 0 Å². The van der Waals surface area contributed by atoms with Crippen molar-refractivity contribution in [1.29, 1.82) is 0 Å². The lowest BCUT2D eigenvalue weighted by Gasteiger charge is -2.22. The molecule has 2 amide bonds. The lowest BCUT2D eigenvalue weighted by atomic mass is 10.2. The number of nitrogens with one attached hydrogen (secondary N) is 1. The van der Waals surface area contributed by atoms with Crippen molar-refractivity contribution in [2.45, 2.75) is 25.5 Å². The third-order valence-electron chi connectivity index (χ3n) is 5.12. The van der Waals surface area contributed by atoms with Gasteiger partial charge >= 0.3 is 0 Å². The number of aliphatic hydroxyl groups is 1. The standard InChI is InChI=1S/C22H24N4O3/c27-17-13-25(12-16-6-2-1-3-7-16)22(29)15-26(14-17)21(28)11-10-20-23-18-8-4-5-9-19(18)24-20/h1-9,17,27H,10-15H2,(H,23,24). The molecule has 3 aromatic rings. The van der Waals surface area contributed by atoms with E-state index in [-0.39, 0.29) is 37.9 Å². The summed E-state index contributed by atoms with van der Waals surface area (Å²) in [5.41, 5.74) is 2.80. The maximum Gasteiger partial charge on any atom is 0.242 e. The highest BCUT2D eigenvalue weighted by Gasteiger charge is 2.29. The van der Waals surface area contributed by atoms with Crippen LogP contribution >= 0.6 is 0 Å². The molecule has 0 bridgehead atoms. The lowest BCUT2D eigenvalue weighted by molar-refractivity contribution is -0.139. The Labute approximate surface area is 169 Å². The normalized spacial score (nSPS) is 17.6. The molecular formula is C22H24N4O3. The van der Waals surface area contributed by atoms with E-state index in [4.69, 9.17) is 0 Å². The van der Waals surface area contributed by atoms with Crippen LogP contribution in [0, 0.1) is 0 Å². The molecule has 0 aliphatic carbocycles. The Morgan fingerprint density at radius 1 is 1.10 bits per heavy atom. The number of nitrogens with zero attached hydrogens (tertiary/aromatic N) is 3. The third-order valence-corrected chi connectivity index (χ3v) is 5.12. The molecule has 2 N–H and O–H groups in total. The van der Waals surface area contributed by atoms with Crippen LogP contribution in [0.5, 0.6) is 0 Å². The third kappa shape index (κ3) is 4.63. The number of aromatic amines is 1. The number of amides is 2. The van der Waals surface area contributed by atoms with E-state index in [1.165, 1.54) is 4.90 Å². The molecule has 2 aromatic carbocycles. The number of para-hydroxylation sites is 2. The summed E-state index contributed by atoms with van der Waals surface area (Å²) in [5.74, 6) is 0.439. The van der Waals surface area contributed by atoms with E-state index in [0.717, 1.165) is 22.4 Å². The number of H-pyrrole nitrogens is 1. The molecule has 4 rings (SSSR count). The van der Waals surface area contributed by atoms with Crippen LogP contribution in [-0.4, -0.2) is 62.4 Å². The topological polar surface area (TPSA) is 89.5 Å². The molecule has 1 unspecified atom stereocenters. The molecule has 0 spiro atoms. The molecule has 0 radical (unpaired) electrons. The van der Waals surface area contributed by atoms with Crippen LogP contribution in [-0.2, 0) is 22.6 Å². The van der Waals surface area contributed by atoms with Gasteiger partial charge in [0.05, 0.1) is 23.7 Å². The molecule has 1 aromatic heterocycles. The van der Waals surface area contributed by atoms with Crippen LogP contribution in [0.2, 0.25) is 0 Å². The number of aromatic nitrogens is 2. The lowest BCUT2D eigenvalue weighted by Crippen LogP contribution is -2.39. The summed E-state index contributed by atoms with van der Waals surface area (Å²) in [6.07, 6.45) is -0.0686. The summed E-state index contributed by atoms with van der Waals surface area (Å²) >= 11 is 0. The maximum absolute atomic E-state index is 12.7. The molecule has 7 heteroatoms. The molecule has 1 saturated heterocycles. The minimum atomic E-state index is -0.764. The van der Waals surface area contributed by atoms with Gasteiger partial charge in [-0.05, 0) is 17.7 Å². The first kappa shape index (κ1) is 19.1. The zero-order valence-electron chi connectivity index (χ0n) is 16.1. The number of fused-ring (bicyclic) bond motifs is 1. The molecule has 0 saturated carbocycles. The molecular weight excluding hydrogens is 368 g/mol. The second-order valence-electron chi connectivity index (χ2n) is 7.39. The van der Waals surface area contributed by atoms with Gasteiger partial charge in [0.1, 0.15) is 5.82 Å². The minimum absolute atomic E-state index is 0.0111. The molecule has 29 heavy (non-hydrogen) atoms. The van der Waals surface area contributed by atoms with Gasteiger partial charge in [0, 0.05) is 32.5 Å². The Morgan fingerprint density at radius 2 is 1.86 bits per heavy atom. The maximum atomic E-state index is 12.7. The highest BCUT2D eigenvalue weighted by molar-refractivity contribution is 5.85. The van der Waals surface area contributed by atoms with E-state index in [2.05, 4.69) is 9.97 Å². The Kier molecular flexibility index (Phi) is 5.57. The zero-order valence-corrected chi connectivity index (χ0v) is 16.1. The number of benzene rings is 2. The Morgan fingerprint density at radius 3 is 2.66 bits per heavy atom. The van der Waals surface area contributed by atoms with Crippen LogP contribution in [0.4, 0.5) is 0 Å². The fourth-order valence-electron chi connectivity index (χ4n) is 3.65. The number of aryl methyl sites for hydroxylation is 1. The van der Waals surface area contributed by atoms with E-state index in [9.17, 15) is 14.7 Å². The molecule has 1 fully saturated rings. The van der Waals surface area contributed by atoms with Crippen LogP contribution in [0.15, 0.2) is 54.6 Å². The summed E-state index contributed by atoms with van der Waals surface area (Å²) in [4.78, 5) is 36.1. The fraction of sp³-hybridized carbons (Fsp3) is 0.318. The van der Waals surface area contributed by atoms with E-state index in [0.29, 0.717) is 13.0 Å². The van der Waals surface area contributed by atoms with Crippen molar-refractivity contribution in [3.63, 3.8) is 0 Å². The van der Waals surface area contributed by atoms with Gasteiger partial charge in [0.25, 0.3) is 0 Å². The van der Waals surface area contributed by atoms with E-state index < -0.39 is 6.10 Å². The Hall–Kier alpha value is -3.19. The van der Waals surface area contributed by atoms with Crippen molar-refractivity contribution in [2.75, 3.05) is 19.6 Å². The predicted molar refractivity (Wildman–Crippen MR) is 109 cm³/mol. The Balaban J connectivity index is 1.37. The van der Waals surface area contributed by atoms with Crippen molar-refractivity contribution < 1.29 is 14.7 Å². The molecule has 1 aliphatic rings. The van der Waals surface area contributed by atoms with E-state index in [1.807, 2.05) is 54.6 Å². The fourth-order valence-corrected chi connectivity index (χ4v) is 3.65. The quantitative estimate of drug-likeness (QED) is 0.692. The second-order valence-corrected chi connectivity index (χ2v) is 7.39. The van der Waals surface area contributed by atoms with Gasteiger partial charge in [-0.25, -0.2) is 4.98 Å². The largest absolute Gasteiger partial charge is 0.389 e. The van der Waals surface area contributed by atoms with Crippen molar-refractivity contribution in [3.05, 3.63) is 66.0 Å². The molecule has 2 heterocycles. The minimum Gasteiger partial charge on any atom is -0.389 e. The first-order valence-corrected chi connectivity index (χ1v) is 9.79. The van der Waals surface area contributed by atoms with Crippen LogP contribution in [0.1, 0.15) is 17.8 Å². The average Bonchev–Trinajstić information content (AvgIpc) is 3.08. The summed E-state index contributed by atoms with van der Waals surface area (Å²) < 4.78 is 0. The van der Waals surface area contributed by atoms with Crippen molar-refractivity contribution in [2.24, 2.45) is 0 Å². The van der Waals surface area contributed by atoms with E-state index in [1.54, 1.807) is 4.90 Å². The van der Waals surface area contributed by atoms with Crippen molar-refractivity contribution in [3.8, 4) is 0 Å². The monoisotopic (exact) mass is 392 g/mol. The molecule has 150 valence electrons. The van der Waals surface area contributed by atoms with Gasteiger partial charge in [0.15, 0.2) is 0 Å². The summed E-state index contributed by atoms with van der Waals surface area (Å²) in [7, 11) is 0. The smallest absolute Gasteiger partial charge is 0.242 e. The van der Waals surface area contributed by atoms with Gasteiger partial charge in [-0.1, -0.05) is 42.5 Å². The first-order valence-electron chi connectivity index (χ1n) is 9.79. The Bertz CT molecular complexity index is 968. The second kappa shape index (κ2) is 8.45. The van der Waals surface area contributed by atoms with Crippen LogP contribution in [0.25, 0.3) is 11.0 Å². The van der Waals surface area contributed by atoms with Crippen molar-refractivity contribution >= 4 is 22.8 Å². The number of hydrogen-bond acceptors (Lipinski definition) is 4. The number of carbonyl (C=O) groups is 2. The number of imidazole rings is 1. The number of β-amino-alcohol motifs (C(OH)–C–C–N with tert-alkyl or cyclic N) is 1. The number of aliphatic hydroxyl groups excluding tert-OH is 1. The van der Waals surface area contributed by atoms with E-state index >= 15 is 0 Å². The zero-order chi connectivity index (χ0) is 20.2. The van der Waals surface area contributed by atoms with Gasteiger partial charge < -0.3 is 19.9 Å². The molecule has 1 atom stereocenters. The summed E-state index contributed by atoms with van der Waals surface area (Å²) in [6, 6.07) is 17.4. The average molecular weight is 392 g/mol. The molecule has 7 nitrogen and oxygen atoms in total. The highest BCUT2D eigenvalue weighted by Crippen LogP contribution is 2.14.